The molecule has 2 aromatic carbocycles. The van der Waals surface area contributed by atoms with E-state index >= 15 is 0 Å². The maximum Gasteiger partial charge on any atom is 0.309 e. The molecule has 1 fully saturated rings. The Morgan fingerprint density at radius 3 is 2.16 bits per heavy atom. The van der Waals surface area contributed by atoms with Gasteiger partial charge in [-0.25, -0.2) is 4.39 Å². The lowest BCUT2D eigenvalue weighted by molar-refractivity contribution is -0.152. The minimum absolute atomic E-state index is 0.180. The predicted octanol–water partition coefficient (Wildman–Crippen LogP) is 4.42. The zero-order valence-electron chi connectivity index (χ0n) is 18.4. The highest BCUT2D eigenvalue weighted by molar-refractivity contribution is 6.01. The van der Waals surface area contributed by atoms with Gasteiger partial charge in [-0.1, -0.05) is 6.07 Å². The van der Waals surface area contributed by atoms with E-state index in [2.05, 4.69) is 0 Å². The molecule has 0 aliphatic carbocycles. The number of rotatable bonds is 5. The number of carbonyl (C=O) groups is 3. The third-order valence-corrected chi connectivity index (χ3v) is 5.97. The van der Waals surface area contributed by atoms with Crippen molar-refractivity contribution in [2.75, 3.05) is 13.1 Å². The fraction of sp³-hybridized carbons (Fsp3) is 0.400. The molecule has 0 saturated carbocycles. The zero-order chi connectivity index (χ0) is 22.7. The number of esters is 1. The number of ketones is 1. The first-order chi connectivity index (χ1) is 14.7. The lowest BCUT2D eigenvalue weighted by Crippen LogP contribution is -2.41. The van der Waals surface area contributed by atoms with Crippen LogP contribution in [0.5, 0.6) is 0 Å². The molecule has 3 rings (SSSR count). The number of carbonyl (C=O) groups excluding carboxylic acids is 3. The van der Waals surface area contributed by atoms with Gasteiger partial charge in [0.15, 0.2) is 6.10 Å². The molecule has 0 N–H and O–H groups in total. The summed E-state index contributed by atoms with van der Waals surface area (Å²) in [5.41, 5.74) is 3.99. The summed E-state index contributed by atoms with van der Waals surface area (Å²) in [5.74, 6) is -1.54. The van der Waals surface area contributed by atoms with Crippen molar-refractivity contribution in [2.24, 2.45) is 5.92 Å². The molecule has 2 aromatic rings. The molecule has 1 saturated heterocycles. The van der Waals surface area contributed by atoms with Crippen molar-refractivity contribution in [2.45, 2.75) is 46.6 Å². The number of halogens is 1. The van der Waals surface area contributed by atoms with E-state index in [-0.39, 0.29) is 17.6 Å². The smallest absolute Gasteiger partial charge is 0.309 e. The van der Waals surface area contributed by atoms with Crippen molar-refractivity contribution in [3.05, 3.63) is 70.0 Å². The minimum Gasteiger partial charge on any atom is -0.454 e. The second-order valence-electron chi connectivity index (χ2n) is 8.27. The van der Waals surface area contributed by atoms with Gasteiger partial charge in [0.2, 0.25) is 5.78 Å². The van der Waals surface area contributed by atoms with Crippen LogP contribution in [0.25, 0.3) is 0 Å². The third-order valence-electron chi connectivity index (χ3n) is 5.97. The summed E-state index contributed by atoms with van der Waals surface area (Å²) in [7, 11) is 0. The van der Waals surface area contributed by atoms with Crippen molar-refractivity contribution >= 4 is 17.7 Å². The van der Waals surface area contributed by atoms with E-state index in [1.54, 1.807) is 11.8 Å². The molecule has 0 aromatic heterocycles. The van der Waals surface area contributed by atoms with Gasteiger partial charge in [-0.05, 0) is 87.6 Å². The van der Waals surface area contributed by atoms with Crippen molar-refractivity contribution in [1.29, 1.82) is 0 Å². The third kappa shape index (κ3) is 5.19. The molecule has 1 atom stereocenters. The Morgan fingerprint density at radius 1 is 0.968 bits per heavy atom. The fourth-order valence-corrected chi connectivity index (χ4v) is 3.86. The van der Waals surface area contributed by atoms with Crippen LogP contribution >= 0.6 is 0 Å². The first-order valence-electron chi connectivity index (χ1n) is 10.5. The Morgan fingerprint density at radius 2 is 1.55 bits per heavy atom. The van der Waals surface area contributed by atoms with Crippen LogP contribution in [0.2, 0.25) is 0 Å². The maximum absolute atomic E-state index is 13.1. The average Bonchev–Trinajstić information content (AvgIpc) is 2.76. The van der Waals surface area contributed by atoms with Crippen molar-refractivity contribution in [3.63, 3.8) is 0 Å². The maximum atomic E-state index is 13.1. The Hall–Kier alpha value is -3.02. The molecule has 1 amide bonds. The monoisotopic (exact) mass is 425 g/mol. The number of ether oxygens (including phenoxy) is 1. The summed E-state index contributed by atoms with van der Waals surface area (Å²) in [6.07, 6.45) is 0.0669. The largest absolute Gasteiger partial charge is 0.454 e. The quantitative estimate of drug-likeness (QED) is 0.526. The molecule has 31 heavy (non-hydrogen) atoms. The van der Waals surface area contributed by atoms with Crippen LogP contribution in [0.1, 0.15) is 57.2 Å². The van der Waals surface area contributed by atoms with Crippen molar-refractivity contribution < 1.29 is 23.5 Å². The van der Waals surface area contributed by atoms with E-state index in [4.69, 9.17) is 4.74 Å². The number of hydrogen-bond acceptors (Lipinski definition) is 4. The number of piperidine rings is 1. The van der Waals surface area contributed by atoms with Crippen molar-refractivity contribution in [1.82, 2.24) is 4.90 Å². The Bertz CT molecular complexity index is 991. The molecule has 1 heterocycles. The summed E-state index contributed by atoms with van der Waals surface area (Å²) in [6, 6.07) is 9.24. The van der Waals surface area contributed by atoms with Gasteiger partial charge in [0.05, 0.1) is 5.92 Å². The lowest BCUT2D eigenvalue weighted by Gasteiger charge is -2.31. The number of likely N-dealkylation sites (tertiary alicyclic amines) is 1. The van der Waals surface area contributed by atoms with E-state index in [1.807, 2.05) is 32.9 Å². The normalized spacial score (nSPS) is 15.5. The van der Waals surface area contributed by atoms with Gasteiger partial charge in [0.1, 0.15) is 5.82 Å². The summed E-state index contributed by atoms with van der Waals surface area (Å²) >= 11 is 0. The second-order valence-corrected chi connectivity index (χ2v) is 8.27. The number of amides is 1. The number of aryl methyl sites for hydroxylation is 3. The Balaban J connectivity index is 1.56. The van der Waals surface area contributed by atoms with Gasteiger partial charge in [-0.2, -0.15) is 0 Å². The van der Waals surface area contributed by atoms with E-state index in [9.17, 15) is 18.8 Å². The molecule has 0 bridgehead atoms. The van der Waals surface area contributed by atoms with Crippen LogP contribution in [-0.4, -0.2) is 41.8 Å². The van der Waals surface area contributed by atoms with Gasteiger partial charge < -0.3 is 9.64 Å². The first kappa shape index (κ1) is 22.7. The number of Topliss-reactive ketones (excluding diaryl/α,β-unsaturated/α-hetero) is 1. The molecule has 6 heteroatoms. The molecule has 164 valence electrons. The fourth-order valence-electron chi connectivity index (χ4n) is 3.86. The molecule has 0 unspecified atom stereocenters. The highest BCUT2D eigenvalue weighted by Crippen LogP contribution is 2.23. The summed E-state index contributed by atoms with van der Waals surface area (Å²) in [6.45, 7) is 8.24. The molecule has 0 radical (unpaired) electrons. The topological polar surface area (TPSA) is 63.7 Å². The minimum atomic E-state index is -0.868. The molecule has 5 nitrogen and oxygen atoms in total. The van der Waals surface area contributed by atoms with Crippen molar-refractivity contribution in [3.8, 4) is 0 Å². The molecule has 1 aliphatic heterocycles. The average molecular weight is 426 g/mol. The number of benzene rings is 2. The van der Waals surface area contributed by atoms with Crippen LogP contribution in [0.15, 0.2) is 36.4 Å². The SMILES string of the molecule is Cc1cc(C)c(C(=O)[C@@H](C)OC(=O)C2CCN(C(=O)c3ccc(F)cc3)CC2)cc1C. The molecule has 1 aliphatic rings. The lowest BCUT2D eigenvalue weighted by atomic mass is 9.95. The van der Waals surface area contributed by atoms with Crippen LogP contribution < -0.4 is 0 Å². The predicted molar refractivity (Wildman–Crippen MR) is 116 cm³/mol. The molecule has 0 spiro atoms. The zero-order valence-corrected chi connectivity index (χ0v) is 18.4. The van der Waals surface area contributed by atoms with E-state index in [0.717, 1.165) is 16.7 Å². The van der Waals surface area contributed by atoms with E-state index in [0.29, 0.717) is 37.1 Å². The highest BCUT2D eigenvalue weighted by Gasteiger charge is 2.31. The van der Waals surface area contributed by atoms with E-state index in [1.165, 1.54) is 24.3 Å². The Kier molecular flexibility index (Phi) is 6.88. The second kappa shape index (κ2) is 9.41. The number of hydrogen-bond donors (Lipinski definition) is 0. The summed E-state index contributed by atoms with van der Waals surface area (Å²) < 4.78 is 18.6. The van der Waals surface area contributed by atoms with Crippen LogP contribution in [0.4, 0.5) is 4.39 Å². The van der Waals surface area contributed by atoms with Crippen LogP contribution in [0, 0.1) is 32.5 Å². The Labute approximate surface area is 182 Å². The first-order valence-corrected chi connectivity index (χ1v) is 10.5. The summed E-state index contributed by atoms with van der Waals surface area (Å²) in [4.78, 5) is 39.6. The van der Waals surface area contributed by atoms with Gasteiger partial charge in [-0.15, -0.1) is 0 Å². The van der Waals surface area contributed by atoms with Gasteiger partial charge in [-0.3, -0.25) is 14.4 Å². The van der Waals surface area contributed by atoms with Crippen LogP contribution in [0.3, 0.4) is 0 Å². The van der Waals surface area contributed by atoms with Gasteiger partial charge in [0, 0.05) is 24.2 Å². The number of nitrogens with zero attached hydrogens (tertiary/aromatic N) is 1. The molecular weight excluding hydrogens is 397 g/mol. The van der Waals surface area contributed by atoms with E-state index < -0.39 is 17.9 Å². The standard InChI is InChI=1S/C25H28FNO4/c1-15-13-17(3)22(14-16(15)2)23(28)18(4)31-25(30)20-9-11-27(12-10-20)24(29)19-5-7-21(26)8-6-19/h5-8,13-14,18,20H,9-12H2,1-4H3/t18-/m1/s1. The van der Waals surface area contributed by atoms with Gasteiger partial charge in [0.25, 0.3) is 5.91 Å². The van der Waals surface area contributed by atoms with Crippen LogP contribution in [-0.2, 0) is 9.53 Å². The summed E-state index contributed by atoms with van der Waals surface area (Å²) in [5, 5.41) is 0. The van der Waals surface area contributed by atoms with Gasteiger partial charge >= 0.3 is 5.97 Å². The highest BCUT2D eigenvalue weighted by atomic mass is 19.1. The molecular formula is C25H28FNO4.